The van der Waals surface area contributed by atoms with Gasteiger partial charge in [0.1, 0.15) is 18.5 Å². The fourth-order valence-corrected chi connectivity index (χ4v) is 5.08. The first kappa shape index (κ1) is 26.4. The van der Waals surface area contributed by atoms with Gasteiger partial charge in [-0.15, -0.1) is 11.3 Å². The van der Waals surface area contributed by atoms with Crippen molar-refractivity contribution in [1.29, 1.82) is 0 Å². The number of nitrogens with zero attached hydrogens (tertiary/aromatic N) is 1. The van der Waals surface area contributed by atoms with Crippen LogP contribution in [0.5, 0.6) is 5.75 Å². The predicted molar refractivity (Wildman–Crippen MR) is 144 cm³/mol. The Morgan fingerprint density at radius 1 is 1.28 bits per heavy atom. The number of carbonyl (C=O) groups excluding carboxylic acids is 1. The van der Waals surface area contributed by atoms with Crippen molar-refractivity contribution in [3.63, 3.8) is 0 Å². The van der Waals surface area contributed by atoms with Crippen molar-refractivity contribution in [1.82, 2.24) is 5.32 Å². The molecule has 8 heteroatoms. The molecule has 1 saturated heterocycles. The lowest BCUT2D eigenvalue weighted by atomic mass is 9.87. The van der Waals surface area contributed by atoms with Crippen LogP contribution >= 0.6 is 22.9 Å². The van der Waals surface area contributed by atoms with Crippen LogP contribution in [0.1, 0.15) is 52.7 Å². The Bertz CT molecular complexity index is 1170. The van der Waals surface area contributed by atoms with Gasteiger partial charge in [-0.25, -0.2) is 0 Å². The molecule has 0 aliphatic carbocycles. The first-order chi connectivity index (χ1) is 17.4. The third-order valence-corrected chi connectivity index (χ3v) is 7.46. The van der Waals surface area contributed by atoms with Gasteiger partial charge in [0.25, 0.3) is 5.91 Å². The maximum absolute atomic E-state index is 12.1. The lowest BCUT2D eigenvalue weighted by Gasteiger charge is -2.36. The van der Waals surface area contributed by atoms with Crippen molar-refractivity contribution >= 4 is 35.1 Å². The second-order valence-electron chi connectivity index (χ2n) is 8.87. The summed E-state index contributed by atoms with van der Waals surface area (Å²) < 4.78 is 11.8. The largest absolute Gasteiger partial charge is 0.494 e. The summed E-state index contributed by atoms with van der Waals surface area (Å²) in [6.45, 7) is 4.73. The summed E-state index contributed by atoms with van der Waals surface area (Å²) in [4.78, 5) is 17.0. The highest BCUT2D eigenvalue weighted by Crippen LogP contribution is 2.36. The van der Waals surface area contributed by atoms with E-state index in [1.165, 1.54) is 11.3 Å². The Labute approximate surface area is 220 Å². The van der Waals surface area contributed by atoms with E-state index in [4.69, 9.17) is 21.1 Å². The van der Waals surface area contributed by atoms with Gasteiger partial charge in [0.05, 0.1) is 23.7 Å². The maximum atomic E-state index is 12.1. The first-order valence-electron chi connectivity index (χ1n) is 12.1. The number of aliphatic hydroxyl groups excluding tert-OH is 1. The minimum absolute atomic E-state index is 0.0196. The molecule has 0 radical (unpaired) electrons. The van der Waals surface area contributed by atoms with Crippen LogP contribution in [0.4, 0.5) is 0 Å². The van der Waals surface area contributed by atoms with Crippen LogP contribution in [0.2, 0.25) is 5.02 Å². The Hall–Kier alpha value is -2.71. The van der Waals surface area contributed by atoms with E-state index >= 15 is 0 Å². The van der Waals surface area contributed by atoms with E-state index in [0.29, 0.717) is 29.3 Å². The van der Waals surface area contributed by atoms with E-state index in [0.717, 1.165) is 22.4 Å². The van der Waals surface area contributed by atoms with Crippen LogP contribution in [-0.4, -0.2) is 42.7 Å². The molecule has 190 valence electrons. The van der Waals surface area contributed by atoms with E-state index in [-0.39, 0.29) is 24.6 Å². The number of amides is 1. The second-order valence-corrected chi connectivity index (χ2v) is 10.2. The fourth-order valence-electron chi connectivity index (χ4n) is 4.25. The lowest BCUT2D eigenvalue weighted by molar-refractivity contribution is -0.111. The summed E-state index contributed by atoms with van der Waals surface area (Å²) in [6.07, 6.45) is 1.54. The standard InChI is InChI=1S/C28H31ClN2O4S/c1-3-34-22-9-6-19(7-10-22)14-21-15-20(8-11-23(21)29)24-13-18(2)27(32)25(35-24)16-30-17-31-28(33)26-5-4-12-36-26/h4-12,15-16,18,24-25,27,32H,3,13-14,17H2,1-2H3,(H,31,33)/b30-16+/t18-,24-,25-,27+/m1/s1. The Morgan fingerprint density at radius 2 is 2.08 bits per heavy atom. The van der Waals surface area contributed by atoms with Crippen molar-refractivity contribution in [2.75, 3.05) is 13.3 Å². The zero-order valence-corrected chi connectivity index (χ0v) is 22.0. The average molecular weight is 527 g/mol. The van der Waals surface area contributed by atoms with Crippen LogP contribution in [0.25, 0.3) is 0 Å². The minimum atomic E-state index is -0.673. The first-order valence-corrected chi connectivity index (χ1v) is 13.4. The summed E-state index contributed by atoms with van der Waals surface area (Å²) in [5.74, 6) is 0.703. The summed E-state index contributed by atoms with van der Waals surface area (Å²) in [6, 6.07) is 17.6. The molecule has 1 aromatic heterocycles. The quantitative estimate of drug-likeness (QED) is 0.352. The second kappa shape index (κ2) is 12.5. The predicted octanol–water partition coefficient (Wildman–Crippen LogP) is 5.68. The fraction of sp³-hybridized carbons (Fsp3) is 0.357. The van der Waals surface area contributed by atoms with Gasteiger partial charge in [-0.3, -0.25) is 9.79 Å². The summed E-state index contributed by atoms with van der Waals surface area (Å²) >= 11 is 7.91. The molecule has 3 aromatic rings. The van der Waals surface area contributed by atoms with Crippen LogP contribution in [-0.2, 0) is 11.2 Å². The number of aliphatic imine (C=N–C) groups is 1. The highest BCUT2D eigenvalue weighted by molar-refractivity contribution is 7.12. The summed E-state index contributed by atoms with van der Waals surface area (Å²) in [5, 5.41) is 16.0. The topological polar surface area (TPSA) is 80.2 Å². The molecule has 2 aromatic carbocycles. The molecule has 0 spiro atoms. The number of thiophene rings is 1. The van der Waals surface area contributed by atoms with Crippen molar-refractivity contribution in [3.05, 3.63) is 86.6 Å². The maximum Gasteiger partial charge on any atom is 0.262 e. The third-order valence-electron chi connectivity index (χ3n) is 6.23. The average Bonchev–Trinajstić information content (AvgIpc) is 3.42. The van der Waals surface area contributed by atoms with Crippen LogP contribution < -0.4 is 10.1 Å². The number of hydrogen-bond donors (Lipinski definition) is 2. The molecule has 0 bridgehead atoms. The van der Waals surface area contributed by atoms with Crippen LogP contribution in [0.15, 0.2) is 65.0 Å². The van der Waals surface area contributed by atoms with Gasteiger partial charge in [-0.1, -0.05) is 48.9 Å². The number of hydrogen-bond acceptors (Lipinski definition) is 6. The van der Waals surface area contributed by atoms with Gasteiger partial charge >= 0.3 is 0 Å². The third kappa shape index (κ3) is 6.73. The zero-order chi connectivity index (χ0) is 25.5. The van der Waals surface area contributed by atoms with Gasteiger partial charge in [0.15, 0.2) is 0 Å². The molecule has 1 aliphatic heterocycles. The lowest BCUT2D eigenvalue weighted by Crippen LogP contribution is -2.42. The smallest absolute Gasteiger partial charge is 0.262 e. The number of benzene rings is 2. The van der Waals surface area contributed by atoms with Gasteiger partial charge in [0, 0.05) is 11.2 Å². The Balaban J connectivity index is 1.41. The minimum Gasteiger partial charge on any atom is -0.494 e. The molecule has 1 aliphatic rings. The highest BCUT2D eigenvalue weighted by Gasteiger charge is 2.35. The van der Waals surface area contributed by atoms with Crippen molar-refractivity contribution in [3.8, 4) is 5.75 Å². The van der Waals surface area contributed by atoms with Gasteiger partial charge < -0.3 is 19.9 Å². The number of halogens is 1. The molecule has 4 atom stereocenters. The number of aliphatic hydroxyl groups is 1. The van der Waals surface area contributed by atoms with Crippen molar-refractivity contribution < 1.29 is 19.4 Å². The Kier molecular flexibility index (Phi) is 9.15. The molecule has 2 heterocycles. The molecule has 0 saturated carbocycles. The normalized spacial score (nSPS) is 22.0. The van der Waals surface area contributed by atoms with E-state index in [1.54, 1.807) is 12.3 Å². The van der Waals surface area contributed by atoms with E-state index < -0.39 is 12.2 Å². The van der Waals surface area contributed by atoms with E-state index in [1.807, 2.05) is 61.7 Å². The number of nitrogens with one attached hydrogen (secondary N) is 1. The molecule has 2 N–H and O–H groups in total. The van der Waals surface area contributed by atoms with Gasteiger partial charge in [-0.2, -0.15) is 0 Å². The van der Waals surface area contributed by atoms with Crippen molar-refractivity contribution in [2.45, 2.75) is 45.0 Å². The molecule has 0 unspecified atom stereocenters. The van der Waals surface area contributed by atoms with Crippen molar-refractivity contribution in [2.24, 2.45) is 10.9 Å². The SMILES string of the molecule is CCOc1ccc(Cc2cc([C@H]3C[C@@H](C)[C@H](O)[C@@H](/C=N/CNC(=O)c4cccs4)O3)ccc2Cl)cc1. The monoisotopic (exact) mass is 526 g/mol. The number of rotatable bonds is 9. The number of ether oxygens (including phenoxy) is 2. The summed E-state index contributed by atoms with van der Waals surface area (Å²) in [7, 11) is 0. The molecule has 6 nitrogen and oxygen atoms in total. The molecule has 36 heavy (non-hydrogen) atoms. The Morgan fingerprint density at radius 3 is 2.81 bits per heavy atom. The van der Waals surface area contributed by atoms with Crippen LogP contribution in [0.3, 0.4) is 0 Å². The summed E-state index contributed by atoms with van der Waals surface area (Å²) in [5.41, 5.74) is 3.17. The van der Waals surface area contributed by atoms with E-state index in [9.17, 15) is 9.90 Å². The number of carbonyl (C=O) groups is 1. The highest BCUT2D eigenvalue weighted by atomic mass is 35.5. The zero-order valence-electron chi connectivity index (χ0n) is 20.4. The molecule has 4 rings (SSSR count). The molecular formula is C28H31ClN2O4S. The molecular weight excluding hydrogens is 496 g/mol. The molecule has 1 fully saturated rings. The van der Waals surface area contributed by atoms with Gasteiger partial charge in [0.2, 0.25) is 0 Å². The molecule has 1 amide bonds. The van der Waals surface area contributed by atoms with Crippen LogP contribution in [0, 0.1) is 5.92 Å². The van der Waals surface area contributed by atoms with Gasteiger partial charge in [-0.05, 0) is 72.0 Å². The van der Waals surface area contributed by atoms with E-state index in [2.05, 4.69) is 16.4 Å².